The van der Waals surface area contributed by atoms with Crippen molar-refractivity contribution in [1.82, 2.24) is 0 Å². The topological polar surface area (TPSA) is 69.6 Å². The lowest BCUT2D eigenvalue weighted by atomic mass is 10.1. The third-order valence-electron chi connectivity index (χ3n) is 1.96. The van der Waals surface area contributed by atoms with Gasteiger partial charge in [0.05, 0.1) is 6.54 Å². The first-order chi connectivity index (χ1) is 7.31. The second-order valence-corrected chi connectivity index (χ2v) is 3.59. The van der Waals surface area contributed by atoms with Gasteiger partial charge in [-0.3, -0.25) is 0 Å². The normalized spacial score (nSPS) is 14.2. The molecule has 1 atom stereocenters. The molecule has 0 heterocycles. The summed E-state index contributed by atoms with van der Waals surface area (Å²) in [5.74, 6) is -2.98. The van der Waals surface area contributed by atoms with E-state index in [1.807, 2.05) is 0 Å². The maximum atomic E-state index is 12.7. The average molecular weight is 231 g/mol. The molecule has 0 amide bonds. The van der Waals surface area contributed by atoms with E-state index >= 15 is 0 Å². The van der Waals surface area contributed by atoms with Crippen molar-refractivity contribution < 1.29 is 23.8 Å². The fourth-order valence-corrected chi connectivity index (χ4v) is 1.01. The molecule has 0 saturated carbocycles. The summed E-state index contributed by atoms with van der Waals surface area (Å²) in [6, 6.07) is 2.70. The number of benzene rings is 1. The number of carboxylic acids is 1. The summed E-state index contributed by atoms with van der Waals surface area (Å²) in [5.41, 5.74) is -1.93. The van der Waals surface area contributed by atoms with Crippen molar-refractivity contribution in [3.05, 3.63) is 29.8 Å². The van der Waals surface area contributed by atoms with E-state index in [0.29, 0.717) is 6.07 Å². The van der Waals surface area contributed by atoms with Crippen LogP contribution < -0.4 is 5.32 Å². The molecule has 1 aromatic carbocycles. The van der Waals surface area contributed by atoms with Gasteiger partial charge >= 0.3 is 5.97 Å². The standard InChI is InChI=1S/C10H11F2NO3/c1-10(16,9(14)15)5-13-8-3-6(11)2-7(12)4-8/h2-4,13,16H,5H2,1H3,(H,14,15). The van der Waals surface area contributed by atoms with Crippen LogP contribution in [0.1, 0.15) is 6.92 Å². The number of hydrogen-bond donors (Lipinski definition) is 3. The van der Waals surface area contributed by atoms with Gasteiger partial charge < -0.3 is 15.5 Å². The van der Waals surface area contributed by atoms with Gasteiger partial charge in [-0.25, -0.2) is 13.6 Å². The number of anilines is 1. The fourth-order valence-electron chi connectivity index (χ4n) is 1.01. The van der Waals surface area contributed by atoms with Crippen LogP contribution in [0.4, 0.5) is 14.5 Å². The number of aliphatic carboxylic acids is 1. The predicted octanol–water partition coefficient (Wildman–Crippen LogP) is 1.21. The van der Waals surface area contributed by atoms with Crippen LogP contribution in [0.25, 0.3) is 0 Å². The van der Waals surface area contributed by atoms with Crippen molar-refractivity contribution >= 4 is 11.7 Å². The van der Waals surface area contributed by atoms with Gasteiger partial charge in [-0.05, 0) is 19.1 Å². The number of rotatable bonds is 4. The molecule has 1 unspecified atom stereocenters. The maximum absolute atomic E-state index is 12.7. The molecule has 0 aromatic heterocycles. The molecule has 0 aliphatic heterocycles. The van der Waals surface area contributed by atoms with Crippen molar-refractivity contribution in [1.29, 1.82) is 0 Å². The Morgan fingerprint density at radius 3 is 2.31 bits per heavy atom. The summed E-state index contributed by atoms with van der Waals surface area (Å²) in [6.07, 6.45) is 0. The van der Waals surface area contributed by atoms with Crippen LogP contribution in [0.2, 0.25) is 0 Å². The van der Waals surface area contributed by atoms with E-state index in [0.717, 1.165) is 19.1 Å². The van der Waals surface area contributed by atoms with E-state index in [-0.39, 0.29) is 12.2 Å². The van der Waals surface area contributed by atoms with Gasteiger partial charge in [0.2, 0.25) is 0 Å². The second kappa shape index (κ2) is 4.44. The van der Waals surface area contributed by atoms with Crippen LogP contribution in [-0.4, -0.2) is 28.3 Å². The molecule has 0 saturated heterocycles. The van der Waals surface area contributed by atoms with Gasteiger partial charge in [0.25, 0.3) is 0 Å². The van der Waals surface area contributed by atoms with Gasteiger partial charge in [0, 0.05) is 11.8 Å². The molecule has 0 spiro atoms. The van der Waals surface area contributed by atoms with E-state index in [4.69, 9.17) is 5.11 Å². The number of carbonyl (C=O) groups is 1. The third-order valence-corrected chi connectivity index (χ3v) is 1.96. The number of hydrogen-bond acceptors (Lipinski definition) is 3. The first-order valence-electron chi connectivity index (χ1n) is 4.47. The molecule has 0 bridgehead atoms. The lowest BCUT2D eigenvalue weighted by Crippen LogP contribution is -2.41. The largest absolute Gasteiger partial charge is 0.479 e. The second-order valence-electron chi connectivity index (χ2n) is 3.59. The van der Waals surface area contributed by atoms with Crippen molar-refractivity contribution in [2.24, 2.45) is 0 Å². The highest BCUT2D eigenvalue weighted by Crippen LogP contribution is 2.14. The van der Waals surface area contributed by atoms with Crippen molar-refractivity contribution in [3.63, 3.8) is 0 Å². The summed E-state index contributed by atoms with van der Waals surface area (Å²) >= 11 is 0. The van der Waals surface area contributed by atoms with E-state index in [9.17, 15) is 18.7 Å². The van der Waals surface area contributed by atoms with Crippen molar-refractivity contribution in [2.75, 3.05) is 11.9 Å². The first-order valence-corrected chi connectivity index (χ1v) is 4.47. The van der Waals surface area contributed by atoms with E-state index in [2.05, 4.69) is 5.32 Å². The van der Waals surface area contributed by atoms with Gasteiger partial charge in [0.1, 0.15) is 11.6 Å². The average Bonchev–Trinajstić information content (AvgIpc) is 2.13. The Labute approximate surface area is 90.5 Å². The Bertz CT molecular complexity index is 387. The van der Waals surface area contributed by atoms with Gasteiger partial charge in [0.15, 0.2) is 5.60 Å². The Balaban J connectivity index is 2.71. The molecule has 6 heteroatoms. The molecule has 0 aliphatic carbocycles. The van der Waals surface area contributed by atoms with Crippen LogP contribution in [0, 0.1) is 11.6 Å². The van der Waals surface area contributed by atoms with Crippen LogP contribution in [0.5, 0.6) is 0 Å². The van der Waals surface area contributed by atoms with Gasteiger partial charge in [-0.2, -0.15) is 0 Å². The number of aliphatic hydroxyl groups is 1. The Kier molecular flexibility index (Phi) is 3.44. The Hall–Kier alpha value is -1.69. The van der Waals surface area contributed by atoms with Crippen LogP contribution >= 0.6 is 0 Å². The molecule has 0 radical (unpaired) electrons. The predicted molar refractivity (Wildman–Crippen MR) is 53.1 cm³/mol. The number of carboxylic acid groups (broad SMARTS) is 1. The van der Waals surface area contributed by atoms with Crippen LogP contribution in [0.15, 0.2) is 18.2 Å². The highest BCUT2D eigenvalue weighted by molar-refractivity contribution is 5.77. The van der Waals surface area contributed by atoms with Gasteiger partial charge in [-0.15, -0.1) is 0 Å². The summed E-state index contributed by atoms with van der Waals surface area (Å²) in [6.45, 7) is 0.725. The van der Waals surface area contributed by atoms with E-state index in [1.54, 1.807) is 0 Å². The summed E-state index contributed by atoms with van der Waals surface area (Å²) < 4.78 is 25.5. The van der Waals surface area contributed by atoms with Crippen molar-refractivity contribution in [2.45, 2.75) is 12.5 Å². The molecular formula is C10H11F2NO3. The summed E-state index contributed by atoms with van der Waals surface area (Å²) in [4.78, 5) is 10.5. The molecule has 88 valence electrons. The first kappa shape index (κ1) is 12.4. The molecular weight excluding hydrogens is 220 g/mol. The highest BCUT2D eigenvalue weighted by atomic mass is 19.1. The van der Waals surface area contributed by atoms with Gasteiger partial charge in [-0.1, -0.05) is 0 Å². The molecule has 16 heavy (non-hydrogen) atoms. The number of nitrogens with one attached hydrogen (secondary N) is 1. The quantitative estimate of drug-likeness (QED) is 0.728. The minimum absolute atomic E-state index is 0.0685. The summed E-state index contributed by atoms with van der Waals surface area (Å²) in [5, 5.41) is 20.4. The Morgan fingerprint density at radius 2 is 1.88 bits per heavy atom. The smallest absolute Gasteiger partial charge is 0.337 e. The molecule has 1 rings (SSSR count). The molecule has 3 N–H and O–H groups in total. The fraction of sp³-hybridized carbons (Fsp3) is 0.300. The lowest BCUT2D eigenvalue weighted by Gasteiger charge is -2.19. The highest BCUT2D eigenvalue weighted by Gasteiger charge is 2.29. The minimum atomic E-state index is -2.00. The SMILES string of the molecule is CC(O)(CNc1cc(F)cc(F)c1)C(=O)O. The molecule has 0 aliphatic rings. The monoisotopic (exact) mass is 231 g/mol. The molecule has 0 fully saturated rings. The van der Waals surface area contributed by atoms with Crippen molar-refractivity contribution in [3.8, 4) is 0 Å². The van der Waals surface area contributed by atoms with E-state index in [1.165, 1.54) is 0 Å². The summed E-state index contributed by atoms with van der Waals surface area (Å²) in [7, 11) is 0. The molecule has 4 nitrogen and oxygen atoms in total. The molecule has 1 aromatic rings. The van der Waals surface area contributed by atoms with E-state index < -0.39 is 23.2 Å². The zero-order chi connectivity index (χ0) is 12.3. The maximum Gasteiger partial charge on any atom is 0.337 e. The zero-order valence-corrected chi connectivity index (χ0v) is 8.50. The minimum Gasteiger partial charge on any atom is -0.479 e. The Morgan fingerprint density at radius 1 is 1.38 bits per heavy atom. The zero-order valence-electron chi connectivity index (χ0n) is 8.50. The third kappa shape index (κ3) is 3.16. The van der Waals surface area contributed by atoms with Crippen LogP contribution in [-0.2, 0) is 4.79 Å². The number of halogens is 2. The lowest BCUT2D eigenvalue weighted by molar-refractivity contribution is -0.155. The van der Waals surface area contributed by atoms with Crippen LogP contribution in [0.3, 0.4) is 0 Å².